The zero-order chi connectivity index (χ0) is 21.7. The number of piperidine rings is 1. The van der Waals surface area contributed by atoms with E-state index in [-0.39, 0.29) is 17.4 Å². The van der Waals surface area contributed by atoms with Crippen LogP contribution in [0.4, 0.5) is 11.5 Å². The van der Waals surface area contributed by atoms with Crippen LogP contribution in [0.15, 0.2) is 36.5 Å². The van der Waals surface area contributed by atoms with Crippen molar-refractivity contribution in [3.63, 3.8) is 0 Å². The highest BCUT2D eigenvalue weighted by atomic mass is 35.5. The maximum absolute atomic E-state index is 12.8. The van der Waals surface area contributed by atoms with Crippen molar-refractivity contribution in [3.8, 4) is 6.07 Å². The molecule has 1 aromatic carbocycles. The first kappa shape index (κ1) is 21.8. The number of hydrogen-bond acceptors (Lipinski definition) is 5. The van der Waals surface area contributed by atoms with Gasteiger partial charge in [0.2, 0.25) is 5.91 Å². The number of halogens is 1. The van der Waals surface area contributed by atoms with Gasteiger partial charge in [-0.25, -0.2) is 4.98 Å². The predicted molar refractivity (Wildman–Crippen MR) is 116 cm³/mol. The average Bonchev–Trinajstić information content (AvgIpc) is 2.75. The van der Waals surface area contributed by atoms with Gasteiger partial charge in [0.25, 0.3) is 5.91 Å². The lowest BCUT2D eigenvalue weighted by Gasteiger charge is -2.34. The van der Waals surface area contributed by atoms with Crippen LogP contribution in [0.5, 0.6) is 0 Å². The topological polar surface area (TPSA) is 98.1 Å². The highest BCUT2D eigenvalue weighted by Gasteiger charge is 2.27. The zero-order valence-electron chi connectivity index (χ0n) is 17.0. The first-order valence-electron chi connectivity index (χ1n) is 9.89. The number of nitriles is 1. The molecule has 1 aliphatic rings. The Morgan fingerprint density at radius 2 is 1.93 bits per heavy atom. The quantitative estimate of drug-likeness (QED) is 0.756. The van der Waals surface area contributed by atoms with E-state index in [2.05, 4.69) is 34.4 Å². The largest absolute Gasteiger partial charge is 0.325 e. The number of aromatic nitrogens is 1. The van der Waals surface area contributed by atoms with Gasteiger partial charge in [-0.15, -0.1) is 0 Å². The first-order valence-corrected chi connectivity index (χ1v) is 10.3. The lowest BCUT2D eigenvalue weighted by Crippen LogP contribution is -2.41. The molecule has 0 aliphatic carbocycles. The third-order valence-corrected chi connectivity index (χ3v) is 5.47. The van der Waals surface area contributed by atoms with Crippen LogP contribution in [0.3, 0.4) is 0 Å². The van der Waals surface area contributed by atoms with Gasteiger partial charge in [-0.1, -0.05) is 11.6 Å². The van der Waals surface area contributed by atoms with Gasteiger partial charge in [0.1, 0.15) is 5.82 Å². The van der Waals surface area contributed by atoms with Crippen molar-refractivity contribution in [1.29, 1.82) is 5.26 Å². The normalized spacial score (nSPS) is 14.9. The molecule has 0 unspecified atom stereocenters. The van der Waals surface area contributed by atoms with E-state index in [1.54, 1.807) is 24.3 Å². The molecule has 1 saturated heterocycles. The number of likely N-dealkylation sites (tertiary alicyclic amines) is 1. The van der Waals surface area contributed by atoms with Crippen LogP contribution < -0.4 is 10.6 Å². The zero-order valence-corrected chi connectivity index (χ0v) is 17.7. The molecule has 0 spiro atoms. The Morgan fingerprint density at radius 1 is 1.20 bits per heavy atom. The van der Waals surface area contributed by atoms with Crippen molar-refractivity contribution in [3.05, 3.63) is 52.7 Å². The summed E-state index contributed by atoms with van der Waals surface area (Å²) in [6, 6.07) is 10.3. The molecule has 2 heterocycles. The van der Waals surface area contributed by atoms with Crippen LogP contribution in [0, 0.1) is 17.2 Å². The Balaban J connectivity index is 1.74. The van der Waals surface area contributed by atoms with E-state index < -0.39 is 5.91 Å². The summed E-state index contributed by atoms with van der Waals surface area (Å²) in [5.74, 6) is -0.358. The number of amides is 2. The molecule has 0 atom stereocenters. The predicted octanol–water partition coefficient (Wildman–Crippen LogP) is 3.92. The number of carbonyl (C=O) groups excluding carboxylic acids is 2. The molecule has 3 rings (SSSR count). The van der Waals surface area contributed by atoms with Crippen molar-refractivity contribution < 1.29 is 9.59 Å². The summed E-state index contributed by atoms with van der Waals surface area (Å²) in [4.78, 5) is 32.0. The summed E-state index contributed by atoms with van der Waals surface area (Å²) in [5, 5.41) is 15.2. The SMILES string of the molecule is CC(C)N1CCC(C(=O)Nc2ccc(C#N)cc2C(=O)Nc2ccc(Cl)cn2)CC1. The minimum atomic E-state index is -0.466. The van der Waals surface area contributed by atoms with Crippen molar-refractivity contribution in [1.82, 2.24) is 9.88 Å². The van der Waals surface area contributed by atoms with Crippen molar-refractivity contribution >= 4 is 34.9 Å². The number of nitrogens with zero attached hydrogens (tertiary/aromatic N) is 3. The maximum atomic E-state index is 12.8. The van der Waals surface area contributed by atoms with Crippen molar-refractivity contribution in [2.75, 3.05) is 23.7 Å². The van der Waals surface area contributed by atoms with E-state index in [0.717, 1.165) is 25.9 Å². The van der Waals surface area contributed by atoms with Gasteiger partial charge in [0, 0.05) is 18.2 Å². The molecule has 1 fully saturated rings. The highest BCUT2D eigenvalue weighted by molar-refractivity contribution is 6.30. The molecule has 8 heteroatoms. The highest BCUT2D eigenvalue weighted by Crippen LogP contribution is 2.24. The number of benzene rings is 1. The van der Waals surface area contributed by atoms with E-state index in [1.807, 2.05) is 6.07 Å². The Bertz CT molecular complexity index is 960. The molecule has 1 aromatic heterocycles. The van der Waals surface area contributed by atoms with Gasteiger partial charge < -0.3 is 15.5 Å². The number of hydrogen-bond donors (Lipinski definition) is 2. The van der Waals surface area contributed by atoms with E-state index in [1.165, 1.54) is 12.3 Å². The van der Waals surface area contributed by atoms with Crippen molar-refractivity contribution in [2.45, 2.75) is 32.7 Å². The number of anilines is 2. The lowest BCUT2D eigenvalue weighted by atomic mass is 9.95. The maximum Gasteiger partial charge on any atom is 0.258 e. The summed E-state index contributed by atoms with van der Waals surface area (Å²) < 4.78 is 0. The van der Waals surface area contributed by atoms with E-state index in [9.17, 15) is 14.9 Å². The first-order chi connectivity index (χ1) is 14.4. The molecule has 2 amide bonds. The van der Waals surface area contributed by atoms with Crippen LogP contribution in [0.1, 0.15) is 42.6 Å². The summed E-state index contributed by atoms with van der Waals surface area (Å²) in [5.41, 5.74) is 0.906. The minimum absolute atomic E-state index is 0.107. The van der Waals surface area contributed by atoms with Crippen LogP contribution in [0.2, 0.25) is 5.02 Å². The van der Waals surface area contributed by atoms with E-state index in [4.69, 9.17) is 11.6 Å². The second-order valence-corrected chi connectivity index (χ2v) is 8.02. The Morgan fingerprint density at radius 3 is 2.53 bits per heavy atom. The van der Waals surface area contributed by atoms with Crippen LogP contribution in [-0.4, -0.2) is 40.8 Å². The molecular weight excluding hydrogens is 402 g/mol. The molecule has 0 radical (unpaired) electrons. The second-order valence-electron chi connectivity index (χ2n) is 7.58. The number of carbonyl (C=O) groups is 2. The Kier molecular flexibility index (Phi) is 7.03. The smallest absolute Gasteiger partial charge is 0.258 e. The molecule has 0 bridgehead atoms. The summed E-state index contributed by atoms with van der Waals surface area (Å²) in [6.07, 6.45) is 2.97. The molecule has 30 heavy (non-hydrogen) atoms. The van der Waals surface area contributed by atoms with Crippen LogP contribution >= 0.6 is 11.6 Å². The molecule has 7 nitrogen and oxygen atoms in total. The standard InChI is InChI=1S/C22H24ClN5O2/c1-14(2)28-9-7-16(8-10-28)21(29)26-19-5-3-15(12-24)11-18(19)22(30)27-20-6-4-17(23)13-25-20/h3-6,11,13-14,16H,7-10H2,1-2H3,(H,26,29)(H,25,27,30). The fourth-order valence-electron chi connectivity index (χ4n) is 3.46. The number of rotatable bonds is 5. The molecule has 2 N–H and O–H groups in total. The van der Waals surface area contributed by atoms with Crippen LogP contribution in [-0.2, 0) is 4.79 Å². The van der Waals surface area contributed by atoms with Gasteiger partial charge in [0.05, 0.1) is 27.9 Å². The average molecular weight is 426 g/mol. The number of pyridine rings is 1. The second kappa shape index (κ2) is 9.70. The molecular formula is C22H24ClN5O2. The molecule has 0 saturated carbocycles. The Hall–Kier alpha value is -2.95. The molecule has 2 aromatic rings. The number of nitrogens with one attached hydrogen (secondary N) is 2. The van der Waals surface area contributed by atoms with Gasteiger partial charge in [-0.05, 0) is 70.1 Å². The van der Waals surface area contributed by atoms with Gasteiger partial charge >= 0.3 is 0 Å². The van der Waals surface area contributed by atoms with Gasteiger partial charge in [0.15, 0.2) is 0 Å². The Labute approximate surface area is 181 Å². The fourth-order valence-corrected chi connectivity index (χ4v) is 3.57. The minimum Gasteiger partial charge on any atom is -0.325 e. The third-order valence-electron chi connectivity index (χ3n) is 5.25. The van der Waals surface area contributed by atoms with E-state index in [0.29, 0.717) is 28.1 Å². The van der Waals surface area contributed by atoms with Gasteiger partial charge in [-0.2, -0.15) is 5.26 Å². The fraction of sp³-hybridized carbons (Fsp3) is 0.364. The summed E-state index contributed by atoms with van der Waals surface area (Å²) in [6.45, 7) is 6.05. The summed E-state index contributed by atoms with van der Waals surface area (Å²) in [7, 11) is 0. The summed E-state index contributed by atoms with van der Waals surface area (Å²) >= 11 is 5.83. The van der Waals surface area contributed by atoms with E-state index >= 15 is 0 Å². The molecule has 1 aliphatic heterocycles. The van der Waals surface area contributed by atoms with Crippen LogP contribution in [0.25, 0.3) is 0 Å². The van der Waals surface area contributed by atoms with Crippen molar-refractivity contribution in [2.24, 2.45) is 5.92 Å². The third kappa shape index (κ3) is 5.35. The lowest BCUT2D eigenvalue weighted by molar-refractivity contribution is -0.121. The monoisotopic (exact) mass is 425 g/mol. The van der Waals surface area contributed by atoms with Gasteiger partial charge in [-0.3, -0.25) is 9.59 Å². The molecule has 156 valence electrons.